The third kappa shape index (κ3) is 4.96. The molecule has 0 spiro atoms. The Hall–Kier alpha value is -3.27. The van der Waals surface area contributed by atoms with Crippen molar-refractivity contribution in [3.63, 3.8) is 0 Å². The highest BCUT2D eigenvalue weighted by molar-refractivity contribution is 7.86. The fraction of sp³-hybridized carbons (Fsp3) is 0.318. The number of halogens is 3. The van der Waals surface area contributed by atoms with Crippen LogP contribution in [0.25, 0.3) is 11.0 Å². The Bertz CT molecular complexity index is 1340. The molecule has 2 heterocycles. The van der Waals surface area contributed by atoms with E-state index in [4.69, 9.17) is 8.92 Å². The van der Waals surface area contributed by atoms with E-state index in [0.29, 0.717) is 5.69 Å². The summed E-state index contributed by atoms with van der Waals surface area (Å²) in [6, 6.07) is 10.8. The zero-order valence-electron chi connectivity index (χ0n) is 17.9. The van der Waals surface area contributed by atoms with Gasteiger partial charge in [-0.1, -0.05) is 17.7 Å². The van der Waals surface area contributed by atoms with Gasteiger partial charge < -0.3 is 9.64 Å². The average Bonchev–Trinajstić information content (AvgIpc) is 2.81. The Kier molecular flexibility index (Phi) is 6.44. The second-order valence-electron chi connectivity index (χ2n) is 7.74. The highest BCUT2D eigenvalue weighted by Gasteiger charge is 2.46. The highest BCUT2D eigenvalue weighted by Crippen LogP contribution is 2.33. The first-order valence-corrected chi connectivity index (χ1v) is 11.6. The fourth-order valence-electron chi connectivity index (χ4n) is 3.63. The molecule has 0 N–H and O–H groups in total. The van der Waals surface area contributed by atoms with E-state index in [2.05, 4.69) is 9.97 Å². The van der Waals surface area contributed by atoms with Crippen molar-refractivity contribution in [2.45, 2.75) is 30.2 Å². The molecular formula is C22H19F3N4O4S. The van der Waals surface area contributed by atoms with Crippen LogP contribution in [-0.2, 0) is 19.0 Å². The van der Waals surface area contributed by atoms with Gasteiger partial charge in [0.05, 0.1) is 29.3 Å². The van der Waals surface area contributed by atoms with Gasteiger partial charge in [0.15, 0.2) is 6.10 Å². The maximum atomic E-state index is 13.6. The summed E-state index contributed by atoms with van der Waals surface area (Å²) in [6.07, 6.45) is -5.32. The Morgan fingerprint density at radius 1 is 1.12 bits per heavy atom. The standard InChI is InChI=1S/C22H19F3N4O4S/c1-14-2-5-17(6-3-14)34(30,31)32-13-16-11-29(12-19(33-16)22(23,24)25)18-7-4-15(10-26)20-21(18)28-9-8-27-20/h2-9,16,19H,11-13H2,1H3/t16-,19+/m0/s1. The summed E-state index contributed by atoms with van der Waals surface area (Å²) in [7, 11) is -4.19. The molecule has 1 aromatic heterocycles. The molecule has 1 saturated heterocycles. The van der Waals surface area contributed by atoms with Crippen LogP contribution in [0.5, 0.6) is 0 Å². The van der Waals surface area contributed by atoms with E-state index in [-0.39, 0.29) is 28.0 Å². The highest BCUT2D eigenvalue weighted by atomic mass is 32.2. The first-order valence-electron chi connectivity index (χ1n) is 10.2. The molecule has 178 valence electrons. The predicted octanol–water partition coefficient (Wildman–Crippen LogP) is 3.35. The summed E-state index contributed by atoms with van der Waals surface area (Å²) < 4.78 is 76.1. The first kappa shape index (κ1) is 23.9. The number of morpholine rings is 1. The molecular weight excluding hydrogens is 473 g/mol. The predicted molar refractivity (Wildman–Crippen MR) is 115 cm³/mol. The van der Waals surface area contributed by atoms with Crippen molar-refractivity contribution in [1.82, 2.24) is 9.97 Å². The zero-order chi connectivity index (χ0) is 24.5. The van der Waals surface area contributed by atoms with Gasteiger partial charge in [0.1, 0.15) is 23.2 Å². The number of anilines is 1. The molecule has 1 fully saturated rings. The molecule has 8 nitrogen and oxygen atoms in total. The minimum absolute atomic E-state index is 0.0897. The number of benzene rings is 2. The zero-order valence-corrected chi connectivity index (χ0v) is 18.7. The lowest BCUT2D eigenvalue weighted by atomic mass is 10.1. The maximum Gasteiger partial charge on any atom is 0.416 e. The maximum absolute atomic E-state index is 13.6. The molecule has 0 aliphatic carbocycles. The SMILES string of the molecule is Cc1ccc(S(=O)(=O)OC[C@@H]2CN(c3ccc(C#N)c4nccnc34)C[C@H](C(F)(F)F)O2)cc1. The molecule has 2 aromatic carbocycles. The molecule has 0 unspecified atom stereocenters. The van der Waals surface area contributed by atoms with E-state index in [1.807, 2.05) is 6.07 Å². The van der Waals surface area contributed by atoms with E-state index in [1.54, 1.807) is 19.1 Å². The van der Waals surface area contributed by atoms with Crippen molar-refractivity contribution >= 4 is 26.8 Å². The van der Waals surface area contributed by atoms with Gasteiger partial charge in [-0.25, -0.2) is 0 Å². The van der Waals surface area contributed by atoms with Crippen molar-refractivity contribution < 1.29 is 30.5 Å². The topological polar surface area (TPSA) is 105 Å². The average molecular weight is 492 g/mol. The summed E-state index contributed by atoms with van der Waals surface area (Å²) in [5.41, 5.74) is 1.92. The Morgan fingerprint density at radius 3 is 2.44 bits per heavy atom. The van der Waals surface area contributed by atoms with Crippen molar-refractivity contribution in [2.75, 3.05) is 24.6 Å². The van der Waals surface area contributed by atoms with Crippen LogP contribution >= 0.6 is 0 Å². The van der Waals surface area contributed by atoms with Crippen LogP contribution in [0, 0.1) is 18.3 Å². The summed E-state index contributed by atoms with van der Waals surface area (Å²) in [5.74, 6) is 0. The minimum Gasteiger partial charge on any atom is -0.364 e. The van der Waals surface area contributed by atoms with Crippen LogP contribution in [0.4, 0.5) is 18.9 Å². The smallest absolute Gasteiger partial charge is 0.364 e. The number of fused-ring (bicyclic) bond motifs is 1. The molecule has 12 heteroatoms. The van der Waals surface area contributed by atoms with E-state index in [0.717, 1.165) is 5.56 Å². The molecule has 1 aliphatic heterocycles. The van der Waals surface area contributed by atoms with Crippen LogP contribution in [-0.4, -0.2) is 56.5 Å². The molecule has 34 heavy (non-hydrogen) atoms. The van der Waals surface area contributed by atoms with Gasteiger partial charge in [0.25, 0.3) is 10.1 Å². The van der Waals surface area contributed by atoms with E-state index < -0.39 is 41.7 Å². The number of nitrogens with zero attached hydrogens (tertiary/aromatic N) is 4. The summed E-state index contributed by atoms with van der Waals surface area (Å²) in [5, 5.41) is 9.31. The lowest BCUT2D eigenvalue weighted by Gasteiger charge is -2.39. The monoisotopic (exact) mass is 492 g/mol. The number of hydrogen-bond donors (Lipinski definition) is 0. The van der Waals surface area contributed by atoms with Gasteiger partial charge >= 0.3 is 6.18 Å². The second-order valence-corrected chi connectivity index (χ2v) is 9.36. The van der Waals surface area contributed by atoms with Crippen molar-refractivity contribution in [1.29, 1.82) is 5.26 Å². The summed E-state index contributed by atoms with van der Waals surface area (Å²) >= 11 is 0. The molecule has 4 rings (SSSR count). The third-order valence-corrected chi connectivity index (χ3v) is 6.61. The van der Waals surface area contributed by atoms with Crippen LogP contribution < -0.4 is 4.90 Å². The number of rotatable bonds is 5. The fourth-order valence-corrected chi connectivity index (χ4v) is 4.57. The largest absolute Gasteiger partial charge is 0.416 e. The number of hydrogen-bond acceptors (Lipinski definition) is 8. The molecule has 3 aromatic rings. The summed E-state index contributed by atoms with van der Waals surface area (Å²) in [6.45, 7) is 0.547. The van der Waals surface area contributed by atoms with Crippen LogP contribution in [0.3, 0.4) is 0 Å². The molecule has 0 bridgehead atoms. The lowest BCUT2D eigenvalue weighted by molar-refractivity contribution is -0.237. The molecule has 0 saturated carbocycles. The molecule has 0 radical (unpaired) electrons. The minimum atomic E-state index is -4.69. The van der Waals surface area contributed by atoms with Gasteiger partial charge in [0.2, 0.25) is 0 Å². The van der Waals surface area contributed by atoms with Gasteiger partial charge in [-0.3, -0.25) is 14.2 Å². The van der Waals surface area contributed by atoms with Gasteiger partial charge in [-0.2, -0.15) is 26.9 Å². The summed E-state index contributed by atoms with van der Waals surface area (Å²) in [4.78, 5) is 9.63. The number of aromatic nitrogens is 2. The Labute approximate surface area is 193 Å². The van der Waals surface area contributed by atoms with E-state index >= 15 is 0 Å². The lowest BCUT2D eigenvalue weighted by Crippen LogP contribution is -2.54. The van der Waals surface area contributed by atoms with Crippen LogP contribution in [0.1, 0.15) is 11.1 Å². The van der Waals surface area contributed by atoms with Crippen LogP contribution in [0.15, 0.2) is 53.7 Å². The van der Waals surface area contributed by atoms with Gasteiger partial charge in [-0.15, -0.1) is 0 Å². The van der Waals surface area contributed by atoms with Gasteiger partial charge in [0, 0.05) is 18.9 Å². The molecule has 1 aliphatic rings. The van der Waals surface area contributed by atoms with E-state index in [1.165, 1.54) is 41.6 Å². The number of alkyl halides is 3. The first-order chi connectivity index (χ1) is 16.1. The molecule has 2 atom stereocenters. The number of nitriles is 1. The van der Waals surface area contributed by atoms with E-state index in [9.17, 15) is 26.9 Å². The normalized spacial score (nSPS) is 19.2. The third-order valence-electron chi connectivity index (χ3n) is 5.32. The Morgan fingerprint density at radius 2 is 1.79 bits per heavy atom. The van der Waals surface area contributed by atoms with Gasteiger partial charge in [-0.05, 0) is 31.2 Å². The number of ether oxygens (including phenoxy) is 1. The van der Waals surface area contributed by atoms with Crippen molar-refractivity contribution in [3.8, 4) is 6.07 Å². The van der Waals surface area contributed by atoms with Crippen LogP contribution in [0.2, 0.25) is 0 Å². The van der Waals surface area contributed by atoms with Crippen molar-refractivity contribution in [3.05, 3.63) is 59.9 Å². The quantitative estimate of drug-likeness (QED) is 0.500. The van der Waals surface area contributed by atoms with Crippen molar-refractivity contribution in [2.24, 2.45) is 0 Å². The number of aryl methyl sites for hydroxylation is 1. The molecule has 0 amide bonds. The Balaban J connectivity index is 1.61. The second kappa shape index (κ2) is 9.17.